The highest BCUT2D eigenvalue weighted by atomic mass is 32.2. The van der Waals surface area contributed by atoms with Gasteiger partial charge >= 0.3 is 0 Å². The quantitative estimate of drug-likeness (QED) is 0.713. The lowest BCUT2D eigenvalue weighted by Gasteiger charge is -2.25. The van der Waals surface area contributed by atoms with Crippen LogP contribution < -0.4 is 0 Å². The lowest BCUT2D eigenvalue weighted by molar-refractivity contribution is -0.135. The topological polar surface area (TPSA) is 70.1 Å². The predicted molar refractivity (Wildman–Crippen MR) is 122 cm³/mol. The summed E-state index contributed by atoms with van der Waals surface area (Å²) in [5.41, 5.74) is 2.55. The Morgan fingerprint density at radius 1 is 1.10 bits per heavy atom. The first kappa shape index (κ1) is 22.5. The minimum atomic E-state index is -3.72. The van der Waals surface area contributed by atoms with E-state index in [1.165, 1.54) is 5.56 Å². The fourth-order valence-electron chi connectivity index (χ4n) is 4.29. The number of carbonyl (C=O) groups excluding carboxylic acids is 1. The third-order valence-corrected chi connectivity index (χ3v) is 7.49. The summed E-state index contributed by atoms with van der Waals surface area (Å²) in [6.45, 7) is 10.6. The highest BCUT2D eigenvalue weighted by Gasteiger charge is 2.34. The molecule has 0 aliphatic carbocycles. The average Bonchev–Trinajstić information content (AvgIpc) is 2.88. The Bertz CT molecular complexity index is 948. The fraction of sp³-hybridized carbons (Fsp3) is 0.565. The van der Waals surface area contributed by atoms with Gasteiger partial charge in [-0.1, -0.05) is 51.5 Å². The Morgan fingerprint density at radius 2 is 1.80 bits per heavy atom. The van der Waals surface area contributed by atoms with Crippen molar-refractivity contribution in [3.63, 3.8) is 0 Å². The summed E-state index contributed by atoms with van der Waals surface area (Å²) in [6.07, 6.45) is 3.60. The Balaban J connectivity index is 1.80. The Hall–Kier alpha value is -2.15. The summed E-state index contributed by atoms with van der Waals surface area (Å²) in [4.78, 5) is 16.9. The lowest BCUT2D eigenvalue weighted by Crippen LogP contribution is -2.39. The number of nitrogens with zero attached hydrogens (tertiary/aromatic N) is 3. The van der Waals surface area contributed by atoms with E-state index in [-0.39, 0.29) is 11.8 Å². The number of sulfonamides is 1. The van der Waals surface area contributed by atoms with Crippen LogP contribution in [0.25, 0.3) is 4.91 Å². The highest BCUT2D eigenvalue weighted by molar-refractivity contribution is 8.00. The van der Waals surface area contributed by atoms with Gasteiger partial charge in [0.1, 0.15) is 10.7 Å². The van der Waals surface area contributed by atoms with Crippen molar-refractivity contribution in [1.29, 1.82) is 0 Å². The second-order valence-electron chi connectivity index (χ2n) is 8.25. The van der Waals surface area contributed by atoms with Crippen molar-refractivity contribution >= 4 is 26.7 Å². The summed E-state index contributed by atoms with van der Waals surface area (Å²) < 4.78 is 29.9. The fourth-order valence-corrected chi connectivity index (χ4v) is 5.78. The number of hydrogen-bond donors (Lipinski definition) is 0. The molecule has 0 N–H and O–H groups in total. The molecule has 1 fully saturated rings. The molecule has 3 rings (SSSR count). The largest absolute Gasteiger partial charge is 0.354 e. The van der Waals surface area contributed by atoms with E-state index in [1.54, 1.807) is 0 Å². The summed E-state index contributed by atoms with van der Waals surface area (Å²) in [7, 11) is -3.72. The molecular formula is C23H33N3O3S. The average molecular weight is 432 g/mol. The van der Waals surface area contributed by atoms with Gasteiger partial charge in [-0.25, -0.2) is 0 Å². The summed E-state index contributed by atoms with van der Waals surface area (Å²) >= 11 is 0. The summed E-state index contributed by atoms with van der Waals surface area (Å²) in [6, 6.07) is 7.67. The molecule has 1 atom stereocenters. The van der Waals surface area contributed by atoms with Crippen LogP contribution in [0.1, 0.15) is 58.1 Å². The van der Waals surface area contributed by atoms with Crippen LogP contribution in [-0.2, 0) is 21.2 Å². The standard InChI is InChI=1S/C23H33N3O3S/c1-5-8-17(3)23(27)26-14-7-13-25(15-16-26)22-18(4)21(30(28,29)24-22)20-11-9-19(6-2)10-12-20/h9-12,17H,5-8,13-16H2,1-4H3/t17-/m0/s1. The van der Waals surface area contributed by atoms with Crippen LogP contribution in [0.15, 0.2) is 34.2 Å². The molecule has 0 aromatic heterocycles. The Labute approximate surface area is 180 Å². The zero-order valence-electron chi connectivity index (χ0n) is 18.5. The zero-order valence-corrected chi connectivity index (χ0v) is 19.3. The van der Waals surface area contributed by atoms with Crippen molar-refractivity contribution in [3.05, 3.63) is 41.0 Å². The number of amides is 1. The molecular weight excluding hydrogens is 398 g/mol. The van der Waals surface area contributed by atoms with Crippen LogP contribution in [0.5, 0.6) is 0 Å². The molecule has 6 nitrogen and oxygen atoms in total. The van der Waals surface area contributed by atoms with Gasteiger partial charge in [-0.3, -0.25) is 4.79 Å². The van der Waals surface area contributed by atoms with Gasteiger partial charge in [-0.15, -0.1) is 4.40 Å². The van der Waals surface area contributed by atoms with Crippen LogP contribution in [-0.4, -0.2) is 56.1 Å². The SMILES string of the molecule is CCC[C@H](C)C(=O)N1CCCN(C2=NS(=O)(=O)C(c3ccc(CC)cc3)=C2C)CC1. The van der Waals surface area contributed by atoms with Gasteiger partial charge in [-0.2, -0.15) is 8.42 Å². The van der Waals surface area contributed by atoms with Crippen molar-refractivity contribution in [3.8, 4) is 0 Å². The minimum Gasteiger partial charge on any atom is -0.354 e. The van der Waals surface area contributed by atoms with Crippen molar-refractivity contribution in [2.24, 2.45) is 10.3 Å². The van der Waals surface area contributed by atoms with Gasteiger partial charge in [0.2, 0.25) is 5.91 Å². The van der Waals surface area contributed by atoms with Gasteiger partial charge in [0.15, 0.2) is 0 Å². The molecule has 164 valence electrons. The van der Waals surface area contributed by atoms with Gasteiger partial charge < -0.3 is 9.80 Å². The van der Waals surface area contributed by atoms with Crippen LogP contribution >= 0.6 is 0 Å². The molecule has 2 aliphatic heterocycles. The third kappa shape index (κ3) is 4.61. The second-order valence-corrected chi connectivity index (χ2v) is 9.79. The van der Waals surface area contributed by atoms with Gasteiger partial charge in [0, 0.05) is 37.7 Å². The molecule has 1 aromatic rings. The lowest BCUT2D eigenvalue weighted by atomic mass is 10.0. The van der Waals surface area contributed by atoms with Crippen LogP contribution in [0, 0.1) is 5.92 Å². The predicted octanol–water partition coefficient (Wildman–Crippen LogP) is 3.69. The van der Waals surface area contributed by atoms with Crippen molar-refractivity contribution in [1.82, 2.24) is 9.80 Å². The molecule has 0 saturated carbocycles. The Morgan fingerprint density at radius 3 is 2.43 bits per heavy atom. The van der Waals surface area contributed by atoms with Crippen molar-refractivity contribution in [2.45, 2.75) is 53.4 Å². The van der Waals surface area contributed by atoms with Crippen molar-refractivity contribution in [2.75, 3.05) is 26.2 Å². The van der Waals surface area contributed by atoms with Gasteiger partial charge in [0.25, 0.3) is 10.0 Å². The van der Waals surface area contributed by atoms with E-state index in [9.17, 15) is 13.2 Å². The number of hydrogen-bond acceptors (Lipinski definition) is 4. The molecule has 1 amide bonds. The van der Waals surface area contributed by atoms with E-state index >= 15 is 0 Å². The van der Waals surface area contributed by atoms with Crippen molar-refractivity contribution < 1.29 is 13.2 Å². The molecule has 0 radical (unpaired) electrons. The normalized spacial score (nSPS) is 20.2. The first-order chi connectivity index (χ1) is 14.3. The van der Waals surface area contributed by atoms with Crippen LogP contribution in [0.2, 0.25) is 0 Å². The van der Waals surface area contributed by atoms with E-state index in [2.05, 4.69) is 18.2 Å². The number of amidine groups is 1. The zero-order chi connectivity index (χ0) is 21.9. The molecule has 0 spiro atoms. The highest BCUT2D eigenvalue weighted by Crippen LogP contribution is 2.34. The maximum Gasteiger partial charge on any atom is 0.285 e. The number of benzene rings is 1. The first-order valence-electron chi connectivity index (χ1n) is 11.0. The van der Waals surface area contributed by atoms with Crippen LogP contribution in [0.3, 0.4) is 0 Å². The number of aryl methyl sites for hydroxylation is 1. The third-order valence-electron chi connectivity index (χ3n) is 6.02. The maximum atomic E-state index is 12.9. The van der Waals surface area contributed by atoms with Gasteiger partial charge in [0.05, 0.1) is 0 Å². The molecule has 2 heterocycles. The summed E-state index contributed by atoms with van der Waals surface area (Å²) in [5.74, 6) is 0.759. The molecule has 30 heavy (non-hydrogen) atoms. The Kier molecular flexibility index (Phi) is 7.01. The molecule has 1 aromatic carbocycles. The molecule has 7 heteroatoms. The summed E-state index contributed by atoms with van der Waals surface area (Å²) in [5, 5.41) is 0. The first-order valence-corrected chi connectivity index (χ1v) is 12.4. The number of carbonyl (C=O) groups is 1. The smallest absolute Gasteiger partial charge is 0.285 e. The molecule has 1 saturated heterocycles. The van der Waals surface area contributed by atoms with Gasteiger partial charge in [-0.05, 0) is 37.3 Å². The van der Waals surface area contributed by atoms with E-state index in [4.69, 9.17) is 0 Å². The molecule has 2 aliphatic rings. The van der Waals surface area contributed by atoms with Crippen LogP contribution in [0.4, 0.5) is 0 Å². The van der Waals surface area contributed by atoms with E-state index < -0.39 is 10.0 Å². The minimum absolute atomic E-state index is 0.0325. The van der Waals surface area contributed by atoms with E-state index in [1.807, 2.05) is 47.9 Å². The molecule has 0 unspecified atom stereocenters. The molecule has 0 bridgehead atoms. The second kappa shape index (κ2) is 9.33. The van der Waals surface area contributed by atoms with E-state index in [0.717, 1.165) is 25.7 Å². The maximum absolute atomic E-state index is 12.9. The number of rotatable bonds is 5. The van der Waals surface area contributed by atoms with E-state index in [0.29, 0.717) is 48.1 Å². The monoisotopic (exact) mass is 431 g/mol.